The van der Waals surface area contributed by atoms with E-state index in [9.17, 15) is 5.11 Å². The van der Waals surface area contributed by atoms with E-state index in [0.29, 0.717) is 12.5 Å². The topological polar surface area (TPSA) is 41.5 Å². The first-order valence-electron chi connectivity index (χ1n) is 6.89. The Hall–Kier alpha value is -1.06. The third-order valence-corrected chi connectivity index (χ3v) is 3.98. The normalized spacial score (nSPS) is 13.6. The molecule has 0 aliphatic carbocycles. The van der Waals surface area contributed by atoms with Gasteiger partial charge in [0.1, 0.15) is 5.75 Å². The van der Waals surface area contributed by atoms with Crippen molar-refractivity contribution in [3.05, 3.63) is 29.8 Å². The molecule has 108 valence electrons. The first kappa shape index (κ1) is 16.0. The summed E-state index contributed by atoms with van der Waals surface area (Å²) in [6, 6.07) is 7.55. The zero-order valence-corrected chi connectivity index (χ0v) is 12.7. The number of aliphatic hydroxyl groups excluding tert-OH is 1. The Morgan fingerprint density at radius 1 is 1.21 bits per heavy atom. The largest absolute Gasteiger partial charge is 0.497 e. The van der Waals surface area contributed by atoms with Crippen LogP contribution in [0.1, 0.15) is 39.4 Å². The van der Waals surface area contributed by atoms with Gasteiger partial charge in [-0.05, 0) is 29.0 Å². The van der Waals surface area contributed by atoms with Crippen molar-refractivity contribution in [2.24, 2.45) is 11.3 Å². The van der Waals surface area contributed by atoms with Crippen LogP contribution in [0.3, 0.4) is 0 Å². The van der Waals surface area contributed by atoms with Gasteiger partial charge in [-0.1, -0.05) is 39.8 Å². The van der Waals surface area contributed by atoms with Gasteiger partial charge in [-0.15, -0.1) is 0 Å². The molecule has 0 fully saturated rings. The van der Waals surface area contributed by atoms with Crippen LogP contribution in [0.2, 0.25) is 0 Å². The van der Waals surface area contributed by atoms with Crippen molar-refractivity contribution in [1.29, 1.82) is 0 Å². The lowest BCUT2D eigenvalue weighted by molar-refractivity contribution is 0.160. The second kappa shape index (κ2) is 6.92. The molecule has 0 aromatic heterocycles. The zero-order valence-electron chi connectivity index (χ0n) is 12.7. The second-order valence-corrected chi connectivity index (χ2v) is 6.06. The maximum absolute atomic E-state index is 10.1. The summed E-state index contributed by atoms with van der Waals surface area (Å²) >= 11 is 0. The SMILES string of the molecule is COc1ccc(C(O)CNCC(C)(C)C(C)C)cc1. The molecule has 0 spiro atoms. The second-order valence-electron chi connectivity index (χ2n) is 6.06. The van der Waals surface area contributed by atoms with E-state index >= 15 is 0 Å². The fourth-order valence-electron chi connectivity index (χ4n) is 1.68. The standard InChI is InChI=1S/C16H27NO2/c1-12(2)16(3,4)11-17-10-15(18)13-6-8-14(19-5)9-7-13/h6-9,12,15,17-18H,10-11H2,1-5H3. The predicted molar refractivity (Wildman–Crippen MR) is 79.4 cm³/mol. The molecular formula is C16H27NO2. The fourth-order valence-corrected chi connectivity index (χ4v) is 1.68. The number of aliphatic hydroxyl groups is 1. The maximum Gasteiger partial charge on any atom is 0.118 e. The monoisotopic (exact) mass is 265 g/mol. The number of benzene rings is 1. The summed E-state index contributed by atoms with van der Waals surface area (Å²) in [5.74, 6) is 1.42. The Bertz CT molecular complexity index is 371. The Labute approximate surface area is 117 Å². The Kier molecular flexibility index (Phi) is 5.83. The molecule has 0 aliphatic heterocycles. The minimum atomic E-state index is -0.478. The molecule has 19 heavy (non-hydrogen) atoms. The van der Waals surface area contributed by atoms with Crippen LogP contribution in [-0.2, 0) is 0 Å². The zero-order chi connectivity index (χ0) is 14.5. The summed E-state index contributed by atoms with van der Waals surface area (Å²) in [7, 11) is 1.64. The highest BCUT2D eigenvalue weighted by Gasteiger charge is 2.22. The van der Waals surface area contributed by atoms with Gasteiger partial charge in [0.05, 0.1) is 13.2 Å². The van der Waals surface area contributed by atoms with E-state index in [4.69, 9.17) is 4.74 Å². The summed E-state index contributed by atoms with van der Waals surface area (Å²) in [4.78, 5) is 0. The van der Waals surface area contributed by atoms with Gasteiger partial charge in [0.25, 0.3) is 0 Å². The highest BCUT2D eigenvalue weighted by Crippen LogP contribution is 2.25. The van der Waals surface area contributed by atoms with Gasteiger partial charge in [-0.25, -0.2) is 0 Å². The van der Waals surface area contributed by atoms with Crippen LogP contribution >= 0.6 is 0 Å². The van der Waals surface area contributed by atoms with Crippen LogP contribution in [0.15, 0.2) is 24.3 Å². The highest BCUT2D eigenvalue weighted by molar-refractivity contribution is 5.28. The fraction of sp³-hybridized carbons (Fsp3) is 0.625. The summed E-state index contributed by atoms with van der Waals surface area (Å²) in [6.07, 6.45) is -0.478. The molecule has 0 heterocycles. The number of methoxy groups -OCH3 is 1. The number of ether oxygens (including phenoxy) is 1. The van der Waals surface area contributed by atoms with E-state index in [1.807, 2.05) is 24.3 Å². The van der Waals surface area contributed by atoms with Crippen molar-refractivity contribution in [1.82, 2.24) is 5.32 Å². The van der Waals surface area contributed by atoms with E-state index in [2.05, 4.69) is 33.0 Å². The molecule has 1 atom stereocenters. The van der Waals surface area contributed by atoms with E-state index in [1.165, 1.54) is 0 Å². The van der Waals surface area contributed by atoms with Crippen molar-refractivity contribution in [2.75, 3.05) is 20.2 Å². The molecule has 0 bridgehead atoms. The molecule has 1 aromatic rings. The molecule has 0 amide bonds. The van der Waals surface area contributed by atoms with Gasteiger partial charge in [0, 0.05) is 13.1 Å². The average Bonchev–Trinajstić information content (AvgIpc) is 2.38. The summed E-state index contributed by atoms with van der Waals surface area (Å²) in [5, 5.41) is 13.5. The minimum Gasteiger partial charge on any atom is -0.497 e. The molecule has 0 aliphatic rings. The number of hydrogen-bond acceptors (Lipinski definition) is 3. The molecule has 2 N–H and O–H groups in total. The minimum absolute atomic E-state index is 0.236. The molecule has 0 saturated carbocycles. The third-order valence-electron chi connectivity index (χ3n) is 3.98. The third kappa shape index (κ3) is 4.84. The highest BCUT2D eigenvalue weighted by atomic mass is 16.5. The Morgan fingerprint density at radius 3 is 2.26 bits per heavy atom. The first-order valence-corrected chi connectivity index (χ1v) is 6.89. The van der Waals surface area contributed by atoms with Gasteiger partial charge >= 0.3 is 0 Å². The quantitative estimate of drug-likeness (QED) is 0.796. The Morgan fingerprint density at radius 2 is 1.79 bits per heavy atom. The average molecular weight is 265 g/mol. The van der Waals surface area contributed by atoms with Crippen molar-refractivity contribution in [3.8, 4) is 5.75 Å². The van der Waals surface area contributed by atoms with Crippen molar-refractivity contribution in [2.45, 2.75) is 33.8 Å². The summed E-state index contributed by atoms with van der Waals surface area (Å²) < 4.78 is 5.10. The van der Waals surface area contributed by atoms with Crippen LogP contribution in [0.25, 0.3) is 0 Å². The number of nitrogens with one attached hydrogen (secondary N) is 1. The van der Waals surface area contributed by atoms with Crippen molar-refractivity contribution >= 4 is 0 Å². The van der Waals surface area contributed by atoms with E-state index < -0.39 is 6.10 Å². The van der Waals surface area contributed by atoms with Crippen LogP contribution < -0.4 is 10.1 Å². The van der Waals surface area contributed by atoms with Crippen LogP contribution in [-0.4, -0.2) is 25.3 Å². The lowest BCUT2D eigenvalue weighted by atomic mass is 9.81. The van der Waals surface area contributed by atoms with Crippen LogP contribution in [0, 0.1) is 11.3 Å². The molecule has 0 saturated heterocycles. The molecule has 3 nitrogen and oxygen atoms in total. The molecular weight excluding hydrogens is 238 g/mol. The van der Waals surface area contributed by atoms with Gasteiger partial charge in [0.2, 0.25) is 0 Å². The summed E-state index contributed by atoms with van der Waals surface area (Å²) in [5.41, 5.74) is 1.15. The van der Waals surface area contributed by atoms with Crippen molar-refractivity contribution < 1.29 is 9.84 Å². The smallest absolute Gasteiger partial charge is 0.118 e. The van der Waals surface area contributed by atoms with E-state index in [1.54, 1.807) is 7.11 Å². The lowest BCUT2D eigenvalue weighted by Gasteiger charge is -2.30. The van der Waals surface area contributed by atoms with Gasteiger partial charge in [-0.3, -0.25) is 0 Å². The molecule has 1 aromatic carbocycles. The van der Waals surface area contributed by atoms with Gasteiger partial charge in [0.15, 0.2) is 0 Å². The van der Waals surface area contributed by atoms with Gasteiger partial charge < -0.3 is 15.2 Å². The molecule has 1 rings (SSSR count). The molecule has 1 unspecified atom stereocenters. The van der Waals surface area contributed by atoms with Crippen LogP contribution in [0.5, 0.6) is 5.75 Å². The first-order chi connectivity index (χ1) is 8.86. The summed E-state index contributed by atoms with van der Waals surface area (Å²) in [6.45, 7) is 10.4. The number of hydrogen-bond donors (Lipinski definition) is 2. The van der Waals surface area contributed by atoms with Gasteiger partial charge in [-0.2, -0.15) is 0 Å². The molecule has 3 heteroatoms. The molecule has 0 radical (unpaired) electrons. The number of rotatable bonds is 7. The van der Waals surface area contributed by atoms with E-state index in [-0.39, 0.29) is 5.41 Å². The lowest BCUT2D eigenvalue weighted by Crippen LogP contribution is -2.35. The van der Waals surface area contributed by atoms with E-state index in [0.717, 1.165) is 17.9 Å². The predicted octanol–water partition coefficient (Wildman–Crippen LogP) is 3.00. The maximum atomic E-state index is 10.1. The van der Waals surface area contributed by atoms with Crippen LogP contribution in [0.4, 0.5) is 0 Å². The Balaban J connectivity index is 2.44. The van der Waals surface area contributed by atoms with Crippen molar-refractivity contribution in [3.63, 3.8) is 0 Å².